The molecule has 2 rings (SSSR count). The van der Waals surface area contributed by atoms with Crippen LogP contribution in [0.1, 0.15) is 31.7 Å². The van der Waals surface area contributed by atoms with Gasteiger partial charge in [0.25, 0.3) is 5.91 Å². The maximum absolute atomic E-state index is 12.3. The molecule has 0 aliphatic carbocycles. The molecule has 0 unspecified atom stereocenters. The van der Waals surface area contributed by atoms with Crippen LogP contribution in [-0.2, 0) is 21.2 Å². The van der Waals surface area contributed by atoms with Gasteiger partial charge in [-0.15, -0.1) is 0 Å². The second-order valence-electron chi connectivity index (χ2n) is 6.24. The molecule has 1 fully saturated rings. The fourth-order valence-electron chi connectivity index (χ4n) is 2.93. The van der Waals surface area contributed by atoms with Crippen LogP contribution in [0.5, 0.6) is 0 Å². The number of hydrogen-bond donors (Lipinski definition) is 2. The van der Waals surface area contributed by atoms with Gasteiger partial charge in [-0.1, -0.05) is 37.3 Å². The van der Waals surface area contributed by atoms with Gasteiger partial charge in [-0.2, -0.15) is 0 Å². The molecule has 0 radical (unpaired) electrons. The number of aliphatic hydroxyl groups excluding tert-OH is 1. The minimum atomic E-state index is -3.23. The maximum atomic E-state index is 12.3. The predicted octanol–water partition coefficient (Wildman–Crippen LogP) is 0.910. The number of carbonyl (C=O) groups excluding carboxylic acids is 1. The van der Waals surface area contributed by atoms with E-state index in [1.807, 2.05) is 37.3 Å². The lowest BCUT2D eigenvalue weighted by atomic mass is 10.0. The van der Waals surface area contributed by atoms with Crippen LogP contribution in [0.2, 0.25) is 0 Å². The molecule has 1 aliphatic heterocycles. The highest BCUT2D eigenvalue weighted by molar-refractivity contribution is 7.89. The number of rotatable bonds is 7. The van der Waals surface area contributed by atoms with Crippen LogP contribution in [0.3, 0.4) is 0 Å². The molecule has 1 amide bonds. The van der Waals surface area contributed by atoms with E-state index in [-0.39, 0.29) is 17.7 Å². The van der Waals surface area contributed by atoms with Crippen molar-refractivity contribution in [3.63, 3.8) is 0 Å². The van der Waals surface area contributed by atoms with Gasteiger partial charge in [0.1, 0.15) is 6.10 Å². The average Bonchev–Trinajstić information content (AvgIpc) is 2.55. The van der Waals surface area contributed by atoms with E-state index in [2.05, 4.69) is 4.72 Å². The Kier molecular flexibility index (Phi) is 6.77. The summed E-state index contributed by atoms with van der Waals surface area (Å²) in [5, 5.41) is 10.1. The average molecular weight is 354 g/mol. The normalized spacial score (nSPS) is 17.7. The molecule has 1 aliphatic rings. The Morgan fingerprint density at radius 1 is 1.29 bits per heavy atom. The van der Waals surface area contributed by atoms with E-state index >= 15 is 0 Å². The quantitative estimate of drug-likeness (QED) is 0.762. The number of nitrogens with zero attached hydrogens (tertiary/aromatic N) is 1. The van der Waals surface area contributed by atoms with E-state index in [0.717, 1.165) is 5.56 Å². The molecular weight excluding hydrogens is 328 g/mol. The van der Waals surface area contributed by atoms with Crippen LogP contribution in [0.15, 0.2) is 30.3 Å². The van der Waals surface area contributed by atoms with Crippen molar-refractivity contribution in [3.05, 3.63) is 35.9 Å². The van der Waals surface area contributed by atoms with Crippen LogP contribution < -0.4 is 4.72 Å². The van der Waals surface area contributed by atoms with Gasteiger partial charge in [0, 0.05) is 25.6 Å². The molecule has 134 valence electrons. The van der Waals surface area contributed by atoms with E-state index in [1.54, 1.807) is 4.90 Å². The number of benzene rings is 1. The Morgan fingerprint density at radius 3 is 2.50 bits per heavy atom. The van der Waals surface area contributed by atoms with Crippen molar-refractivity contribution >= 4 is 15.9 Å². The molecule has 1 aromatic carbocycles. The third kappa shape index (κ3) is 5.58. The van der Waals surface area contributed by atoms with Gasteiger partial charge in [0.2, 0.25) is 10.0 Å². The lowest BCUT2D eigenvalue weighted by Crippen LogP contribution is -2.49. The summed E-state index contributed by atoms with van der Waals surface area (Å²) in [6.07, 6.45) is 0.973. The van der Waals surface area contributed by atoms with E-state index in [9.17, 15) is 18.3 Å². The van der Waals surface area contributed by atoms with Crippen molar-refractivity contribution < 1.29 is 18.3 Å². The zero-order valence-electron chi connectivity index (χ0n) is 14.0. The lowest BCUT2D eigenvalue weighted by molar-refractivity contribution is -0.141. The highest BCUT2D eigenvalue weighted by Crippen LogP contribution is 2.14. The molecule has 7 heteroatoms. The fraction of sp³-hybridized carbons (Fsp3) is 0.588. The second-order valence-corrected chi connectivity index (χ2v) is 8.12. The molecule has 1 saturated heterocycles. The predicted molar refractivity (Wildman–Crippen MR) is 93.0 cm³/mol. The van der Waals surface area contributed by atoms with Gasteiger partial charge in [0.15, 0.2) is 0 Å². The first-order valence-electron chi connectivity index (χ1n) is 8.42. The maximum Gasteiger partial charge on any atom is 0.251 e. The van der Waals surface area contributed by atoms with E-state index in [4.69, 9.17) is 0 Å². The molecule has 0 spiro atoms. The Morgan fingerprint density at radius 2 is 1.92 bits per heavy atom. The standard InChI is InChI=1S/C17H26N2O4S/c1-2-12-24(22,23)18-15-8-10-19(11-9-15)17(21)16(20)13-14-6-4-3-5-7-14/h3-7,15-16,18,20H,2,8-13H2,1H3/t16-/m0/s1. The van der Waals surface area contributed by atoms with Crippen LogP contribution in [0.4, 0.5) is 0 Å². The van der Waals surface area contributed by atoms with Gasteiger partial charge in [-0.3, -0.25) is 4.79 Å². The first-order chi connectivity index (χ1) is 11.4. The van der Waals surface area contributed by atoms with Crippen molar-refractivity contribution in [1.82, 2.24) is 9.62 Å². The number of hydrogen-bond acceptors (Lipinski definition) is 4. The number of amides is 1. The highest BCUT2D eigenvalue weighted by atomic mass is 32.2. The Bertz CT molecular complexity index is 625. The lowest BCUT2D eigenvalue weighted by Gasteiger charge is -2.33. The van der Waals surface area contributed by atoms with Gasteiger partial charge in [0.05, 0.1) is 5.75 Å². The number of piperidine rings is 1. The number of nitrogens with one attached hydrogen (secondary N) is 1. The number of carbonyl (C=O) groups is 1. The molecule has 0 saturated carbocycles. The number of aliphatic hydroxyl groups is 1. The summed E-state index contributed by atoms with van der Waals surface area (Å²) in [6, 6.07) is 9.27. The smallest absolute Gasteiger partial charge is 0.251 e. The second kappa shape index (κ2) is 8.60. The van der Waals surface area contributed by atoms with E-state index in [1.165, 1.54) is 0 Å². The first-order valence-corrected chi connectivity index (χ1v) is 10.1. The fourth-order valence-corrected chi connectivity index (χ4v) is 4.33. The van der Waals surface area contributed by atoms with Crippen LogP contribution in [0, 0.1) is 0 Å². The minimum Gasteiger partial charge on any atom is -0.383 e. The van der Waals surface area contributed by atoms with Crippen LogP contribution >= 0.6 is 0 Å². The summed E-state index contributed by atoms with van der Waals surface area (Å²) in [4.78, 5) is 14.0. The van der Waals surface area contributed by atoms with Crippen molar-refractivity contribution in [2.75, 3.05) is 18.8 Å². The SMILES string of the molecule is CCCS(=O)(=O)NC1CCN(C(=O)[C@@H](O)Cc2ccccc2)CC1. The number of sulfonamides is 1. The third-order valence-electron chi connectivity index (χ3n) is 4.18. The summed E-state index contributed by atoms with van der Waals surface area (Å²) in [5.41, 5.74) is 0.917. The van der Waals surface area contributed by atoms with Gasteiger partial charge >= 0.3 is 0 Å². The number of likely N-dealkylation sites (tertiary alicyclic amines) is 1. The van der Waals surface area contributed by atoms with Crippen molar-refractivity contribution in [2.45, 2.75) is 44.8 Å². The zero-order chi connectivity index (χ0) is 17.6. The molecule has 1 heterocycles. The molecule has 1 atom stereocenters. The summed E-state index contributed by atoms with van der Waals surface area (Å²) >= 11 is 0. The summed E-state index contributed by atoms with van der Waals surface area (Å²) in [5.74, 6) is -0.157. The van der Waals surface area contributed by atoms with Crippen molar-refractivity contribution in [2.24, 2.45) is 0 Å². The molecular formula is C17H26N2O4S. The molecule has 2 N–H and O–H groups in total. The third-order valence-corrected chi connectivity index (χ3v) is 5.82. The van der Waals surface area contributed by atoms with Crippen LogP contribution in [0.25, 0.3) is 0 Å². The van der Waals surface area contributed by atoms with Crippen LogP contribution in [-0.4, -0.2) is 55.3 Å². The molecule has 0 aromatic heterocycles. The minimum absolute atomic E-state index is 0.127. The zero-order valence-corrected chi connectivity index (χ0v) is 14.8. The largest absolute Gasteiger partial charge is 0.383 e. The monoisotopic (exact) mass is 354 g/mol. The van der Waals surface area contributed by atoms with Gasteiger partial charge in [-0.25, -0.2) is 13.1 Å². The molecule has 6 nitrogen and oxygen atoms in total. The van der Waals surface area contributed by atoms with Gasteiger partial charge in [-0.05, 0) is 24.8 Å². The highest BCUT2D eigenvalue weighted by Gasteiger charge is 2.28. The van der Waals surface area contributed by atoms with Crippen molar-refractivity contribution in [3.8, 4) is 0 Å². The summed E-state index contributed by atoms with van der Waals surface area (Å²) in [6.45, 7) is 2.75. The van der Waals surface area contributed by atoms with Gasteiger partial charge < -0.3 is 10.0 Å². The topological polar surface area (TPSA) is 86.7 Å². The van der Waals surface area contributed by atoms with E-state index < -0.39 is 16.1 Å². The summed E-state index contributed by atoms with van der Waals surface area (Å²) < 4.78 is 26.3. The first kappa shape index (κ1) is 18.9. The Balaban J connectivity index is 1.82. The van der Waals surface area contributed by atoms with Crippen molar-refractivity contribution in [1.29, 1.82) is 0 Å². The summed E-state index contributed by atoms with van der Waals surface area (Å²) in [7, 11) is -3.23. The molecule has 24 heavy (non-hydrogen) atoms. The Hall–Kier alpha value is -1.44. The molecule has 0 bridgehead atoms. The molecule has 1 aromatic rings. The Labute approximate surface area is 143 Å². The van der Waals surface area contributed by atoms with E-state index in [0.29, 0.717) is 38.8 Å².